The first kappa shape index (κ1) is 20.3. The first-order valence-corrected chi connectivity index (χ1v) is 10.5. The van der Waals surface area contributed by atoms with Gasteiger partial charge in [-0.15, -0.1) is 5.10 Å². The van der Waals surface area contributed by atoms with Crippen LogP contribution in [-0.4, -0.2) is 56.4 Å². The molecule has 0 saturated carbocycles. The van der Waals surface area contributed by atoms with Crippen molar-refractivity contribution < 1.29 is 9.50 Å². The average Bonchev–Trinajstić information content (AvgIpc) is 3.21. The molecule has 1 N–H and O–H groups in total. The molecule has 1 aliphatic rings. The molecule has 0 aliphatic carbocycles. The molecule has 8 heteroatoms. The summed E-state index contributed by atoms with van der Waals surface area (Å²) in [4.78, 5) is 4.38. The fourth-order valence-electron chi connectivity index (χ4n) is 4.02. The second-order valence-electron chi connectivity index (χ2n) is 7.59. The third-order valence-electron chi connectivity index (χ3n) is 5.59. The first-order valence-electron chi connectivity index (χ1n) is 10.5. The molecule has 1 atom stereocenters. The Morgan fingerprint density at radius 3 is 2.60 bits per heavy atom. The van der Waals surface area contributed by atoms with Gasteiger partial charge in [-0.25, -0.2) is 9.07 Å². The summed E-state index contributed by atoms with van der Waals surface area (Å²) in [6.45, 7) is 5.76. The second kappa shape index (κ2) is 9.21. The molecule has 1 fully saturated rings. The van der Waals surface area contributed by atoms with Gasteiger partial charge < -0.3 is 10.0 Å². The van der Waals surface area contributed by atoms with E-state index in [0.29, 0.717) is 18.8 Å². The Morgan fingerprint density at radius 1 is 1.07 bits per heavy atom. The van der Waals surface area contributed by atoms with E-state index in [1.54, 1.807) is 18.2 Å². The average molecular weight is 410 g/mol. The summed E-state index contributed by atoms with van der Waals surface area (Å²) in [5.74, 6) is 0.794. The van der Waals surface area contributed by atoms with Gasteiger partial charge in [0.1, 0.15) is 11.6 Å². The number of benzene rings is 2. The summed E-state index contributed by atoms with van der Waals surface area (Å²) in [5.41, 5.74) is 1.58. The number of hydrogen-bond donors (Lipinski definition) is 1. The van der Waals surface area contributed by atoms with Crippen molar-refractivity contribution in [2.75, 3.05) is 31.1 Å². The van der Waals surface area contributed by atoms with Crippen LogP contribution in [0.2, 0.25) is 0 Å². The highest BCUT2D eigenvalue weighted by Gasteiger charge is 2.31. The number of aromatic hydroxyl groups is 1. The van der Waals surface area contributed by atoms with Gasteiger partial charge in [0.25, 0.3) is 0 Å². The Morgan fingerprint density at radius 2 is 1.87 bits per heavy atom. The van der Waals surface area contributed by atoms with E-state index >= 15 is 0 Å². The third-order valence-corrected chi connectivity index (χ3v) is 5.59. The topological polar surface area (TPSA) is 70.3 Å². The summed E-state index contributed by atoms with van der Waals surface area (Å²) < 4.78 is 16.1. The Kier molecular flexibility index (Phi) is 6.23. The number of aromatic nitrogens is 4. The SMILES string of the molecule is CCCCn1nnnc1C(c1cccc(O)c1)N1CCN(c2ccccc2F)CC1. The summed E-state index contributed by atoms with van der Waals surface area (Å²) in [6, 6.07) is 14.0. The zero-order chi connectivity index (χ0) is 20.9. The normalized spacial score (nSPS) is 16.0. The van der Waals surface area contributed by atoms with E-state index in [0.717, 1.165) is 43.9 Å². The minimum absolute atomic E-state index is 0.174. The van der Waals surface area contributed by atoms with Crippen molar-refractivity contribution in [3.63, 3.8) is 0 Å². The summed E-state index contributed by atoms with van der Waals surface area (Å²) in [5, 5.41) is 22.5. The fourth-order valence-corrected chi connectivity index (χ4v) is 4.02. The van der Waals surface area contributed by atoms with E-state index in [4.69, 9.17) is 0 Å². The minimum atomic E-state index is -0.195. The van der Waals surface area contributed by atoms with Crippen molar-refractivity contribution in [3.05, 3.63) is 65.7 Å². The van der Waals surface area contributed by atoms with E-state index in [1.807, 2.05) is 28.9 Å². The number of aryl methyl sites for hydroxylation is 1. The molecule has 1 aromatic heterocycles. The van der Waals surface area contributed by atoms with Gasteiger partial charge in [-0.05, 0) is 46.7 Å². The highest BCUT2D eigenvalue weighted by atomic mass is 19.1. The molecule has 3 aromatic rings. The zero-order valence-electron chi connectivity index (χ0n) is 17.2. The lowest BCUT2D eigenvalue weighted by molar-refractivity contribution is 0.199. The van der Waals surface area contributed by atoms with Crippen molar-refractivity contribution in [2.24, 2.45) is 0 Å². The summed E-state index contributed by atoms with van der Waals surface area (Å²) in [6.07, 6.45) is 2.04. The summed E-state index contributed by atoms with van der Waals surface area (Å²) >= 11 is 0. The number of tetrazole rings is 1. The molecule has 0 radical (unpaired) electrons. The number of hydrogen-bond acceptors (Lipinski definition) is 6. The number of nitrogens with zero attached hydrogens (tertiary/aromatic N) is 6. The van der Waals surface area contributed by atoms with Crippen LogP contribution in [0.25, 0.3) is 0 Å². The van der Waals surface area contributed by atoms with Gasteiger partial charge in [0, 0.05) is 32.7 Å². The van der Waals surface area contributed by atoms with Crippen LogP contribution in [0.5, 0.6) is 5.75 Å². The van der Waals surface area contributed by atoms with E-state index in [1.165, 1.54) is 6.07 Å². The van der Waals surface area contributed by atoms with Crippen LogP contribution in [0.15, 0.2) is 48.5 Å². The maximum absolute atomic E-state index is 14.2. The van der Waals surface area contributed by atoms with E-state index < -0.39 is 0 Å². The summed E-state index contributed by atoms with van der Waals surface area (Å²) in [7, 11) is 0. The number of phenols is 1. The molecular weight excluding hydrogens is 383 g/mol. The number of unbranched alkanes of at least 4 members (excludes halogenated alkanes) is 1. The number of para-hydroxylation sites is 1. The van der Waals surface area contributed by atoms with Crippen molar-refractivity contribution in [1.29, 1.82) is 0 Å². The van der Waals surface area contributed by atoms with Crippen molar-refractivity contribution in [1.82, 2.24) is 25.1 Å². The van der Waals surface area contributed by atoms with Crippen LogP contribution < -0.4 is 4.90 Å². The lowest BCUT2D eigenvalue weighted by atomic mass is 10.0. The largest absolute Gasteiger partial charge is 0.508 e. The van der Waals surface area contributed by atoms with E-state index in [2.05, 4.69) is 32.2 Å². The predicted octanol–water partition coefficient (Wildman–Crippen LogP) is 3.23. The van der Waals surface area contributed by atoms with Gasteiger partial charge in [-0.3, -0.25) is 4.90 Å². The van der Waals surface area contributed by atoms with Crippen LogP contribution in [0.4, 0.5) is 10.1 Å². The molecule has 158 valence electrons. The van der Waals surface area contributed by atoms with Crippen LogP contribution in [0.1, 0.15) is 37.2 Å². The predicted molar refractivity (Wildman–Crippen MR) is 113 cm³/mol. The van der Waals surface area contributed by atoms with Crippen molar-refractivity contribution >= 4 is 5.69 Å². The lowest BCUT2D eigenvalue weighted by Crippen LogP contribution is -2.48. The molecule has 2 heterocycles. The smallest absolute Gasteiger partial charge is 0.173 e. The van der Waals surface area contributed by atoms with Crippen LogP contribution >= 0.6 is 0 Å². The fraction of sp³-hybridized carbons (Fsp3) is 0.409. The van der Waals surface area contributed by atoms with Gasteiger partial charge in [0.15, 0.2) is 5.82 Å². The highest BCUT2D eigenvalue weighted by molar-refractivity contribution is 5.48. The Hall–Kier alpha value is -3.00. The Bertz CT molecular complexity index is 970. The number of piperazine rings is 1. The number of anilines is 1. The Balaban J connectivity index is 1.60. The highest BCUT2D eigenvalue weighted by Crippen LogP contribution is 2.31. The molecule has 30 heavy (non-hydrogen) atoms. The number of halogens is 1. The molecule has 0 bridgehead atoms. The minimum Gasteiger partial charge on any atom is -0.508 e. The second-order valence-corrected chi connectivity index (χ2v) is 7.59. The van der Waals surface area contributed by atoms with Crippen molar-refractivity contribution in [2.45, 2.75) is 32.4 Å². The molecule has 0 spiro atoms. The molecule has 1 saturated heterocycles. The van der Waals surface area contributed by atoms with Gasteiger partial charge in [-0.2, -0.15) is 0 Å². The number of phenolic OH excluding ortho intramolecular Hbond substituents is 1. The van der Waals surface area contributed by atoms with E-state index in [-0.39, 0.29) is 17.6 Å². The van der Waals surface area contributed by atoms with Gasteiger partial charge in [-0.1, -0.05) is 37.6 Å². The lowest BCUT2D eigenvalue weighted by Gasteiger charge is -2.40. The molecule has 7 nitrogen and oxygen atoms in total. The van der Waals surface area contributed by atoms with Gasteiger partial charge in [0.05, 0.1) is 11.7 Å². The van der Waals surface area contributed by atoms with Gasteiger partial charge in [0.2, 0.25) is 0 Å². The quantitative estimate of drug-likeness (QED) is 0.645. The zero-order valence-corrected chi connectivity index (χ0v) is 17.2. The molecule has 1 aliphatic heterocycles. The third kappa shape index (κ3) is 4.28. The molecule has 0 amide bonds. The number of rotatable bonds is 7. The first-order chi connectivity index (χ1) is 14.7. The monoisotopic (exact) mass is 410 g/mol. The van der Waals surface area contributed by atoms with E-state index in [9.17, 15) is 9.50 Å². The van der Waals surface area contributed by atoms with Crippen LogP contribution in [-0.2, 0) is 6.54 Å². The maximum Gasteiger partial charge on any atom is 0.173 e. The standard InChI is InChI=1S/C22H27FN6O/c1-2-3-11-29-22(24-25-26-29)21(17-7-6-8-18(30)16-17)28-14-12-27(13-15-28)20-10-5-4-9-19(20)23/h4-10,16,21,30H,2-3,11-15H2,1H3. The Labute approximate surface area is 175 Å². The molecule has 1 unspecified atom stereocenters. The molecule has 4 rings (SSSR count). The van der Waals surface area contributed by atoms with Gasteiger partial charge >= 0.3 is 0 Å². The molecule has 2 aromatic carbocycles. The maximum atomic E-state index is 14.2. The molecular formula is C22H27FN6O. The van der Waals surface area contributed by atoms with Crippen LogP contribution in [0, 0.1) is 5.82 Å². The van der Waals surface area contributed by atoms with Crippen molar-refractivity contribution in [3.8, 4) is 5.75 Å². The van der Waals surface area contributed by atoms with Crippen LogP contribution in [0.3, 0.4) is 0 Å².